The number of rotatable bonds is 2. The highest BCUT2D eigenvalue weighted by molar-refractivity contribution is 6.46. The van der Waals surface area contributed by atoms with E-state index < -0.39 is 17.7 Å². The highest BCUT2D eigenvalue weighted by atomic mass is 35.5. The van der Waals surface area contributed by atoms with Crippen molar-refractivity contribution in [2.45, 2.75) is 6.04 Å². The molecule has 1 N–H and O–H groups in total. The molecule has 0 aliphatic carbocycles. The average Bonchev–Trinajstić information content (AvgIpc) is 2.80. The van der Waals surface area contributed by atoms with Crippen molar-refractivity contribution >= 4 is 29.1 Å². The van der Waals surface area contributed by atoms with Crippen molar-refractivity contribution in [1.29, 1.82) is 0 Å². The van der Waals surface area contributed by atoms with E-state index in [4.69, 9.17) is 11.6 Å². The van der Waals surface area contributed by atoms with Gasteiger partial charge in [0.15, 0.2) is 0 Å². The minimum atomic E-state index is -0.686. The Kier molecular flexibility index (Phi) is 3.92. The molecule has 1 aliphatic heterocycles. The molecule has 2 aromatic carbocycles. The number of amides is 1. The Labute approximate surface area is 138 Å². The van der Waals surface area contributed by atoms with E-state index in [1.807, 2.05) is 30.3 Å². The fourth-order valence-electron chi connectivity index (χ4n) is 2.74. The maximum absolute atomic E-state index is 12.3. The number of likely N-dealkylation sites (tertiary alicyclic amines) is 1. The number of carbonyl (C=O) groups excluding carboxylic acids is 2. The van der Waals surface area contributed by atoms with Gasteiger partial charge in [-0.2, -0.15) is 0 Å². The maximum Gasteiger partial charge on any atom is 0.295 e. The van der Waals surface area contributed by atoms with E-state index in [1.54, 1.807) is 31.3 Å². The molecule has 0 aromatic heterocycles. The van der Waals surface area contributed by atoms with Crippen LogP contribution >= 0.6 is 11.6 Å². The molecule has 1 aliphatic rings. The number of carbonyl (C=O) groups is 2. The molecule has 0 spiro atoms. The van der Waals surface area contributed by atoms with Crippen LogP contribution in [0.1, 0.15) is 17.2 Å². The summed E-state index contributed by atoms with van der Waals surface area (Å²) in [6, 6.07) is 15.0. The van der Waals surface area contributed by atoms with Crippen LogP contribution in [-0.4, -0.2) is 28.7 Å². The van der Waals surface area contributed by atoms with Gasteiger partial charge in [-0.25, -0.2) is 0 Å². The molecule has 1 atom stereocenters. The fraction of sp³-hybridized carbons (Fsp3) is 0.111. The van der Waals surface area contributed by atoms with Crippen molar-refractivity contribution in [2.75, 3.05) is 7.05 Å². The minimum absolute atomic E-state index is 0.0889. The maximum atomic E-state index is 12.3. The number of hydrogen-bond donors (Lipinski definition) is 1. The highest BCUT2D eigenvalue weighted by Crippen LogP contribution is 2.38. The Morgan fingerprint density at radius 2 is 1.65 bits per heavy atom. The third-order valence-corrected chi connectivity index (χ3v) is 4.16. The Hall–Kier alpha value is -2.59. The summed E-state index contributed by atoms with van der Waals surface area (Å²) < 4.78 is 0. The van der Waals surface area contributed by atoms with E-state index in [1.165, 1.54) is 4.90 Å². The Bertz CT molecular complexity index is 797. The molecule has 2 aromatic rings. The fourth-order valence-corrected chi connectivity index (χ4v) is 2.86. The van der Waals surface area contributed by atoms with Crippen molar-refractivity contribution in [3.05, 3.63) is 76.3 Å². The number of halogens is 1. The van der Waals surface area contributed by atoms with Gasteiger partial charge in [-0.1, -0.05) is 41.9 Å². The molecule has 1 fully saturated rings. The summed E-state index contributed by atoms with van der Waals surface area (Å²) in [7, 11) is 1.56. The molecule has 0 saturated carbocycles. The van der Waals surface area contributed by atoms with E-state index in [-0.39, 0.29) is 11.3 Å². The average molecular weight is 328 g/mol. The zero-order chi connectivity index (χ0) is 16.6. The lowest BCUT2D eigenvalue weighted by molar-refractivity contribution is -0.139. The number of nitrogens with zero attached hydrogens (tertiary/aromatic N) is 1. The summed E-state index contributed by atoms with van der Waals surface area (Å²) >= 11 is 5.85. The van der Waals surface area contributed by atoms with Crippen molar-refractivity contribution < 1.29 is 14.7 Å². The lowest BCUT2D eigenvalue weighted by Gasteiger charge is -2.20. The van der Waals surface area contributed by atoms with Gasteiger partial charge in [0, 0.05) is 17.6 Å². The standard InChI is InChI=1S/C18H14ClNO3/c1-20-15(11-5-3-2-4-6-11)14(17(22)18(20)23)16(21)12-7-9-13(19)10-8-12/h2-10,15,21H,1H3/b16-14+/t15-/m0/s1. The number of aliphatic hydroxyl groups is 1. The first kappa shape index (κ1) is 15.3. The summed E-state index contributed by atoms with van der Waals surface area (Å²) in [4.78, 5) is 25.8. The number of likely N-dealkylation sites (N-methyl/N-ethyl adjacent to an activating group) is 1. The zero-order valence-electron chi connectivity index (χ0n) is 12.4. The quantitative estimate of drug-likeness (QED) is 0.522. The summed E-state index contributed by atoms with van der Waals surface area (Å²) in [5.74, 6) is -1.51. The summed E-state index contributed by atoms with van der Waals surface area (Å²) in [6.45, 7) is 0. The van der Waals surface area contributed by atoms with Gasteiger partial charge >= 0.3 is 0 Å². The lowest BCUT2D eigenvalue weighted by Crippen LogP contribution is -2.24. The van der Waals surface area contributed by atoms with E-state index in [2.05, 4.69) is 0 Å². The predicted molar refractivity (Wildman–Crippen MR) is 88.0 cm³/mol. The molecule has 0 unspecified atom stereocenters. The lowest BCUT2D eigenvalue weighted by atomic mass is 9.95. The van der Waals surface area contributed by atoms with Crippen LogP contribution in [0.5, 0.6) is 0 Å². The second-order valence-corrected chi connectivity index (χ2v) is 5.76. The number of aliphatic hydroxyl groups excluding tert-OH is 1. The molecule has 1 heterocycles. The van der Waals surface area contributed by atoms with E-state index in [9.17, 15) is 14.7 Å². The van der Waals surface area contributed by atoms with Gasteiger partial charge < -0.3 is 10.0 Å². The van der Waals surface area contributed by atoms with Crippen LogP contribution in [0, 0.1) is 0 Å². The number of Topliss-reactive ketones (excluding diaryl/α,β-unsaturated/α-hetero) is 1. The molecule has 1 saturated heterocycles. The molecule has 4 nitrogen and oxygen atoms in total. The third-order valence-electron chi connectivity index (χ3n) is 3.91. The molecule has 0 radical (unpaired) electrons. The number of hydrogen-bond acceptors (Lipinski definition) is 3. The summed E-state index contributed by atoms with van der Waals surface area (Å²) in [5.41, 5.74) is 1.30. The van der Waals surface area contributed by atoms with Gasteiger partial charge in [-0.15, -0.1) is 0 Å². The third kappa shape index (κ3) is 2.62. The number of benzene rings is 2. The van der Waals surface area contributed by atoms with Gasteiger partial charge in [-0.05, 0) is 29.8 Å². The molecule has 3 rings (SSSR count). The van der Waals surface area contributed by atoms with Crippen LogP contribution in [0.25, 0.3) is 5.76 Å². The monoisotopic (exact) mass is 327 g/mol. The Morgan fingerprint density at radius 3 is 2.26 bits per heavy atom. The second kappa shape index (κ2) is 5.89. The highest BCUT2D eigenvalue weighted by Gasteiger charge is 2.44. The van der Waals surface area contributed by atoms with Gasteiger partial charge in [0.1, 0.15) is 5.76 Å². The first-order valence-corrected chi connectivity index (χ1v) is 7.44. The Balaban J connectivity index is 2.17. The van der Waals surface area contributed by atoms with Crippen molar-refractivity contribution in [2.24, 2.45) is 0 Å². The minimum Gasteiger partial charge on any atom is -0.507 e. The van der Waals surface area contributed by atoms with Crippen LogP contribution in [-0.2, 0) is 9.59 Å². The van der Waals surface area contributed by atoms with E-state index >= 15 is 0 Å². The molecule has 23 heavy (non-hydrogen) atoms. The Morgan fingerprint density at radius 1 is 1.04 bits per heavy atom. The van der Waals surface area contributed by atoms with E-state index in [0.29, 0.717) is 10.6 Å². The molecule has 0 bridgehead atoms. The van der Waals surface area contributed by atoms with Crippen LogP contribution in [0.3, 0.4) is 0 Å². The molecular formula is C18H14ClNO3. The molecule has 5 heteroatoms. The van der Waals surface area contributed by atoms with Gasteiger partial charge in [0.05, 0.1) is 11.6 Å². The van der Waals surface area contributed by atoms with Gasteiger partial charge in [0.25, 0.3) is 11.7 Å². The van der Waals surface area contributed by atoms with Crippen LogP contribution in [0.4, 0.5) is 0 Å². The normalized spacial score (nSPS) is 20.1. The predicted octanol–water partition coefficient (Wildman–Crippen LogP) is 3.39. The van der Waals surface area contributed by atoms with Crippen molar-refractivity contribution in [3.8, 4) is 0 Å². The molecule has 1 amide bonds. The largest absolute Gasteiger partial charge is 0.507 e. The van der Waals surface area contributed by atoms with E-state index in [0.717, 1.165) is 5.56 Å². The van der Waals surface area contributed by atoms with Gasteiger partial charge in [0.2, 0.25) is 0 Å². The summed E-state index contributed by atoms with van der Waals surface area (Å²) in [6.07, 6.45) is 0. The molecule has 116 valence electrons. The van der Waals surface area contributed by atoms with Crippen molar-refractivity contribution in [3.63, 3.8) is 0 Å². The smallest absolute Gasteiger partial charge is 0.295 e. The topological polar surface area (TPSA) is 57.6 Å². The summed E-state index contributed by atoms with van der Waals surface area (Å²) in [5, 5.41) is 11.1. The van der Waals surface area contributed by atoms with Crippen molar-refractivity contribution in [1.82, 2.24) is 4.90 Å². The van der Waals surface area contributed by atoms with Gasteiger partial charge in [-0.3, -0.25) is 9.59 Å². The van der Waals surface area contributed by atoms with Crippen LogP contribution < -0.4 is 0 Å². The zero-order valence-corrected chi connectivity index (χ0v) is 13.1. The number of ketones is 1. The van der Waals surface area contributed by atoms with Crippen LogP contribution in [0.15, 0.2) is 60.2 Å². The first-order valence-electron chi connectivity index (χ1n) is 7.06. The SMILES string of the molecule is CN1C(=O)C(=O)/C(=C(/O)c2ccc(Cl)cc2)[C@@H]1c1ccccc1. The molecular weight excluding hydrogens is 314 g/mol. The second-order valence-electron chi connectivity index (χ2n) is 5.33. The van der Waals surface area contributed by atoms with Crippen LogP contribution in [0.2, 0.25) is 5.02 Å². The first-order chi connectivity index (χ1) is 11.0.